The van der Waals surface area contributed by atoms with E-state index in [-0.39, 0.29) is 17.5 Å². The third kappa shape index (κ3) is 4.95. The molecule has 2 N–H and O–H groups in total. The molecular weight excluding hydrogens is 459 g/mol. The number of rotatable bonds is 7. The van der Waals surface area contributed by atoms with Gasteiger partial charge in [0.15, 0.2) is 0 Å². The monoisotopic (exact) mass is 484 g/mol. The Balaban J connectivity index is 1.81. The minimum absolute atomic E-state index is 0.0875. The lowest BCUT2D eigenvalue weighted by Gasteiger charge is -2.22. The molecule has 0 aliphatic carbocycles. The lowest BCUT2D eigenvalue weighted by molar-refractivity contribution is 0.0697. The zero-order valence-electron chi connectivity index (χ0n) is 19.9. The maximum Gasteiger partial charge on any atom is 0.336 e. The van der Waals surface area contributed by atoms with Crippen molar-refractivity contribution in [2.45, 2.75) is 19.3 Å². The van der Waals surface area contributed by atoms with Gasteiger partial charge in [0.2, 0.25) is 5.56 Å². The molecule has 1 unspecified atom stereocenters. The second-order valence-electron chi connectivity index (χ2n) is 8.61. The van der Waals surface area contributed by atoms with Crippen molar-refractivity contribution >= 4 is 11.7 Å². The van der Waals surface area contributed by atoms with Crippen molar-refractivity contribution in [1.29, 1.82) is 0 Å². The fourth-order valence-corrected chi connectivity index (χ4v) is 4.44. The molecule has 1 heterocycles. The second-order valence-corrected chi connectivity index (χ2v) is 8.61. The predicted octanol–water partition coefficient (Wildman–Crippen LogP) is 5.60. The predicted molar refractivity (Wildman–Crippen MR) is 136 cm³/mol. The molecule has 0 aliphatic rings. The average molecular weight is 485 g/mol. The van der Waals surface area contributed by atoms with Gasteiger partial charge in [-0.1, -0.05) is 59.8 Å². The van der Waals surface area contributed by atoms with E-state index in [1.807, 2.05) is 31.2 Å². The number of nitrogens with zero attached hydrogens (tertiary/aromatic N) is 2. The summed E-state index contributed by atoms with van der Waals surface area (Å²) < 4.78 is 17.1. The summed E-state index contributed by atoms with van der Waals surface area (Å²) in [5.41, 5.74) is 3.80. The Labute approximate surface area is 207 Å². The largest absolute Gasteiger partial charge is 0.478 e. The van der Waals surface area contributed by atoms with Gasteiger partial charge in [-0.25, -0.2) is 9.18 Å². The summed E-state index contributed by atoms with van der Waals surface area (Å²) in [5, 5.41) is 22.9. The quantitative estimate of drug-likeness (QED) is 0.203. The Morgan fingerprint density at radius 1 is 1.00 bits per heavy atom. The number of halogens is 1. The van der Waals surface area contributed by atoms with Crippen molar-refractivity contribution in [2.75, 3.05) is 0 Å². The zero-order chi connectivity index (χ0) is 25.8. The second kappa shape index (κ2) is 10.4. The van der Waals surface area contributed by atoms with Crippen molar-refractivity contribution in [1.82, 2.24) is 4.57 Å². The Hall–Kier alpha value is -4.52. The van der Waals surface area contributed by atoms with Gasteiger partial charge >= 0.3 is 5.97 Å². The van der Waals surface area contributed by atoms with E-state index in [0.717, 1.165) is 11.1 Å². The summed E-state index contributed by atoms with van der Waals surface area (Å²) in [5.74, 6) is -2.09. The van der Waals surface area contributed by atoms with E-state index < -0.39 is 17.7 Å². The number of hydrogen-bond donors (Lipinski definition) is 2. The van der Waals surface area contributed by atoms with Gasteiger partial charge in [0.1, 0.15) is 5.82 Å². The molecule has 7 heteroatoms. The molecule has 3 aromatic carbocycles. The number of pyridine rings is 1. The number of benzene rings is 3. The highest BCUT2D eigenvalue weighted by Gasteiger charge is 2.24. The molecule has 0 radical (unpaired) electrons. The highest BCUT2D eigenvalue weighted by molar-refractivity contribution is 6.00. The van der Waals surface area contributed by atoms with Crippen LogP contribution in [-0.4, -0.2) is 26.6 Å². The van der Waals surface area contributed by atoms with Crippen LogP contribution in [0.15, 0.2) is 95.0 Å². The molecule has 4 aromatic rings. The van der Waals surface area contributed by atoms with Crippen LogP contribution in [-0.2, 0) is 7.05 Å². The molecule has 182 valence electrons. The normalized spacial score (nSPS) is 12.4. The van der Waals surface area contributed by atoms with Crippen molar-refractivity contribution in [3.8, 4) is 11.1 Å². The van der Waals surface area contributed by atoms with Gasteiger partial charge in [-0.05, 0) is 52.9 Å². The summed E-state index contributed by atoms with van der Waals surface area (Å²) >= 11 is 0. The van der Waals surface area contributed by atoms with E-state index in [4.69, 9.17) is 0 Å². The number of hydrogen-bond acceptors (Lipinski definition) is 4. The van der Waals surface area contributed by atoms with Crippen molar-refractivity contribution in [2.24, 2.45) is 12.2 Å². The van der Waals surface area contributed by atoms with E-state index in [2.05, 4.69) is 5.16 Å². The molecule has 0 fully saturated rings. The maximum atomic E-state index is 15.7. The molecule has 1 atom stereocenters. The first kappa shape index (κ1) is 24.6. The number of carboxylic acid groups (broad SMARTS) is 1. The fraction of sp³-hybridized carbons (Fsp3) is 0.138. The number of aryl methyl sites for hydroxylation is 2. The van der Waals surface area contributed by atoms with Crippen molar-refractivity contribution < 1.29 is 19.5 Å². The molecule has 0 amide bonds. The Morgan fingerprint density at radius 2 is 1.72 bits per heavy atom. The van der Waals surface area contributed by atoms with Crippen LogP contribution in [0, 0.1) is 12.7 Å². The summed E-state index contributed by atoms with van der Waals surface area (Å²) in [7, 11) is 1.60. The summed E-state index contributed by atoms with van der Waals surface area (Å²) in [6.07, 6.45) is 1.75. The minimum Gasteiger partial charge on any atom is -0.478 e. The van der Waals surface area contributed by atoms with Gasteiger partial charge in [0, 0.05) is 37.2 Å². The highest BCUT2D eigenvalue weighted by Crippen LogP contribution is 2.35. The van der Waals surface area contributed by atoms with Crippen molar-refractivity contribution in [3.63, 3.8) is 0 Å². The molecule has 4 rings (SSSR count). The van der Waals surface area contributed by atoms with E-state index in [9.17, 15) is 19.9 Å². The van der Waals surface area contributed by atoms with Crippen LogP contribution in [0.3, 0.4) is 0 Å². The molecule has 0 saturated heterocycles. The Morgan fingerprint density at radius 3 is 2.39 bits per heavy atom. The highest BCUT2D eigenvalue weighted by atomic mass is 19.1. The summed E-state index contributed by atoms with van der Waals surface area (Å²) in [6, 6.07) is 21.7. The molecule has 0 saturated carbocycles. The number of oxime groups is 1. The van der Waals surface area contributed by atoms with E-state index in [0.29, 0.717) is 28.0 Å². The molecule has 6 nitrogen and oxygen atoms in total. The Bertz CT molecular complexity index is 1520. The number of aromatic nitrogens is 1. The van der Waals surface area contributed by atoms with Crippen LogP contribution < -0.4 is 5.56 Å². The van der Waals surface area contributed by atoms with Gasteiger partial charge in [0.05, 0.1) is 11.3 Å². The van der Waals surface area contributed by atoms with E-state index >= 15 is 4.39 Å². The van der Waals surface area contributed by atoms with Crippen LogP contribution in [0.25, 0.3) is 11.1 Å². The van der Waals surface area contributed by atoms with Crippen LogP contribution in [0.5, 0.6) is 0 Å². The standard InChI is InChI=1S/C29H25FN2O4/c1-18-7-3-4-8-21(18)25(16-27(31-36)20-12-14-28(33)32(2)17-20)23-13-11-19(15-26(23)30)22-9-5-6-10-24(22)29(34)35/h3-15,17,25,36H,16H2,1-2H3,(H,34,35)/b31-27-. The van der Waals surface area contributed by atoms with Gasteiger partial charge in [-0.2, -0.15) is 0 Å². The Kier molecular flexibility index (Phi) is 7.10. The maximum absolute atomic E-state index is 15.7. The smallest absolute Gasteiger partial charge is 0.336 e. The van der Waals surface area contributed by atoms with E-state index in [1.165, 1.54) is 22.8 Å². The SMILES string of the molecule is Cc1ccccc1C(C/C(=N/O)c1ccc(=O)n(C)c1)c1ccc(-c2ccccc2C(=O)O)cc1F. The zero-order valence-corrected chi connectivity index (χ0v) is 19.9. The minimum atomic E-state index is -1.09. The lowest BCUT2D eigenvalue weighted by atomic mass is 9.82. The molecule has 0 aliphatic heterocycles. The van der Waals surface area contributed by atoms with Crippen LogP contribution in [0.4, 0.5) is 4.39 Å². The molecule has 0 bridgehead atoms. The first-order chi connectivity index (χ1) is 17.3. The van der Waals surface area contributed by atoms with Gasteiger partial charge in [-0.15, -0.1) is 0 Å². The third-order valence-corrected chi connectivity index (χ3v) is 6.35. The lowest BCUT2D eigenvalue weighted by Crippen LogP contribution is -2.18. The first-order valence-electron chi connectivity index (χ1n) is 11.4. The fourth-order valence-electron chi connectivity index (χ4n) is 4.44. The van der Waals surface area contributed by atoms with Gasteiger partial charge in [0.25, 0.3) is 0 Å². The first-order valence-corrected chi connectivity index (χ1v) is 11.4. The van der Waals surface area contributed by atoms with Gasteiger partial charge in [-0.3, -0.25) is 4.79 Å². The third-order valence-electron chi connectivity index (χ3n) is 6.35. The van der Waals surface area contributed by atoms with Crippen LogP contribution in [0.2, 0.25) is 0 Å². The summed E-state index contributed by atoms with van der Waals surface area (Å²) in [4.78, 5) is 23.5. The topological polar surface area (TPSA) is 91.9 Å². The van der Waals surface area contributed by atoms with Crippen LogP contribution >= 0.6 is 0 Å². The number of carbonyl (C=O) groups is 1. The number of aromatic carboxylic acids is 1. The van der Waals surface area contributed by atoms with Crippen molar-refractivity contribution in [3.05, 3.63) is 129 Å². The van der Waals surface area contributed by atoms with Gasteiger partial charge < -0.3 is 14.9 Å². The molecular formula is C29H25FN2O4. The molecule has 0 spiro atoms. The van der Waals surface area contributed by atoms with E-state index in [1.54, 1.807) is 49.6 Å². The van der Waals surface area contributed by atoms with Crippen LogP contribution in [0.1, 0.15) is 45.0 Å². The molecule has 36 heavy (non-hydrogen) atoms. The summed E-state index contributed by atoms with van der Waals surface area (Å²) in [6.45, 7) is 1.93. The average Bonchev–Trinajstić information content (AvgIpc) is 2.87. The molecule has 1 aromatic heterocycles. The number of carboxylic acids is 1.